The third-order valence-corrected chi connectivity index (χ3v) is 5.56. The van der Waals surface area contributed by atoms with Gasteiger partial charge in [0.25, 0.3) is 5.91 Å². The average molecular weight is 440 g/mol. The molecule has 0 aliphatic carbocycles. The van der Waals surface area contributed by atoms with Gasteiger partial charge in [0, 0.05) is 23.4 Å². The standard InChI is InChI=1S/C23H29N5O4/c1-13(2)8-19(22(30)26-16(12-24)9-14-6-7-25-21(14)29)28-23(31)20-11-15-10-17(32-3)4-5-18(15)27-20/h4-5,10-11,13-14,16,19,27H,6-9H2,1-3H3,(H,25,29)(H,26,30)(H,28,31)/t14-,16-,19-/m0/s1. The maximum Gasteiger partial charge on any atom is 0.268 e. The van der Waals surface area contributed by atoms with Crippen molar-refractivity contribution < 1.29 is 19.1 Å². The summed E-state index contributed by atoms with van der Waals surface area (Å²) in [6.45, 7) is 4.48. The first kappa shape index (κ1) is 23.1. The first-order chi connectivity index (χ1) is 15.3. The number of nitriles is 1. The van der Waals surface area contributed by atoms with Crippen LogP contribution in [0.25, 0.3) is 10.9 Å². The molecule has 2 aromatic rings. The van der Waals surface area contributed by atoms with Crippen LogP contribution in [0.2, 0.25) is 0 Å². The summed E-state index contributed by atoms with van der Waals surface area (Å²) in [7, 11) is 1.57. The van der Waals surface area contributed by atoms with Crippen LogP contribution in [0, 0.1) is 23.2 Å². The van der Waals surface area contributed by atoms with Gasteiger partial charge in [-0.25, -0.2) is 0 Å². The fourth-order valence-electron chi connectivity index (χ4n) is 3.87. The Morgan fingerprint density at radius 2 is 2.06 bits per heavy atom. The lowest BCUT2D eigenvalue weighted by Gasteiger charge is -2.22. The summed E-state index contributed by atoms with van der Waals surface area (Å²) in [6, 6.07) is 7.58. The summed E-state index contributed by atoms with van der Waals surface area (Å²) in [5, 5.41) is 18.5. The van der Waals surface area contributed by atoms with E-state index in [4.69, 9.17) is 4.74 Å². The number of nitrogens with one attached hydrogen (secondary N) is 4. The van der Waals surface area contributed by atoms with Gasteiger partial charge in [0.1, 0.15) is 23.5 Å². The molecule has 1 aromatic carbocycles. The van der Waals surface area contributed by atoms with Gasteiger partial charge in [-0.05, 0) is 49.4 Å². The molecule has 2 heterocycles. The van der Waals surface area contributed by atoms with Crippen LogP contribution in [0.5, 0.6) is 5.75 Å². The number of aromatic amines is 1. The molecule has 0 unspecified atom stereocenters. The number of rotatable bonds is 9. The second-order valence-electron chi connectivity index (χ2n) is 8.49. The molecule has 1 aliphatic rings. The summed E-state index contributed by atoms with van der Waals surface area (Å²) in [5.41, 5.74) is 1.11. The number of amides is 3. The van der Waals surface area contributed by atoms with E-state index in [2.05, 4.69) is 27.0 Å². The quantitative estimate of drug-likeness (QED) is 0.473. The highest BCUT2D eigenvalue weighted by Crippen LogP contribution is 2.22. The van der Waals surface area contributed by atoms with Crippen molar-refractivity contribution in [1.29, 1.82) is 5.26 Å². The largest absolute Gasteiger partial charge is 0.497 e. The van der Waals surface area contributed by atoms with Crippen LogP contribution in [-0.2, 0) is 9.59 Å². The molecule has 32 heavy (non-hydrogen) atoms. The molecule has 170 valence electrons. The van der Waals surface area contributed by atoms with E-state index in [0.29, 0.717) is 30.8 Å². The van der Waals surface area contributed by atoms with E-state index in [0.717, 1.165) is 10.9 Å². The molecule has 0 bridgehead atoms. The van der Waals surface area contributed by atoms with Crippen LogP contribution in [0.3, 0.4) is 0 Å². The summed E-state index contributed by atoms with van der Waals surface area (Å²) in [4.78, 5) is 40.7. The van der Waals surface area contributed by atoms with Crippen molar-refractivity contribution in [3.63, 3.8) is 0 Å². The summed E-state index contributed by atoms with van der Waals surface area (Å²) >= 11 is 0. The molecular weight excluding hydrogens is 410 g/mol. The summed E-state index contributed by atoms with van der Waals surface area (Å²) in [6.07, 6.45) is 1.30. The van der Waals surface area contributed by atoms with Crippen molar-refractivity contribution in [2.24, 2.45) is 11.8 Å². The van der Waals surface area contributed by atoms with Gasteiger partial charge < -0.3 is 25.7 Å². The zero-order valence-electron chi connectivity index (χ0n) is 18.5. The highest BCUT2D eigenvalue weighted by Gasteiger charge is 2.30. The number of hydrogen-bond acceptors (Lipinski definition) is 5. The third kappa shape index (κ3) is 5.58. The van der Waals surface area contributed by atoms with Gasteiger partial charge in [-0.3, -0.25) is 14.4 Å². The van der Waals surface area contributed by atoms with Gasteiger partial charge in [-0.2, -0.15) is 5.26 Å². The number of aromatic nitrogens is 1. The number of methoxy groups -OCH3 is 1. The van der Waals surface area contributed by atoms with E-state index in [1.807, 2.05) is 26.0 Å². The molecule has 3 amide bonds. The van der Waals surface area contributed by atoms with Gasteiger partial charge in [0.2, 0.25) is 11.8 Å². The second kappa shape index (κ2) is 10.2. The highest BCUT2D eigenvalue weighted by molar-refractivity contribution is 6.00. The number of carbonyl (C=O) groups excluding carboxylic acids is 3. The minimum Gasteiger partial charge on any atom is -0.497 e. The number of H-pyrrole nitrogens is 1. The van der Waals surface area contributed by atoms with E-state index < -0.39 is 23.9 Å². The molecule has 1 saturated heterocycles. The van der Waals surface area contributed by atoms with Crippen molar-refractivity contribution in [2.75, 3.05) is 13.7 Å². The average Bonchev–Trinajstić information content (AvgIpc) is 3.37. The zero-order chi connectivity index (χ0) is 23.3. The van der Waals surface area contributed by atoms with Gasteiger partial charge in [-0.15, -0.1) is 0 Å². The normalized spacial score (nSPS) is 17.5. The Morgan fingerprint density at radius 1 is 1.28 bits per heavy atom. The minimum absolute atomic E-state index is 0.0954. The predicted octanol–water partition coefficient (Wildman–Crippen LogP) is 1.86. The molecule has 0 radical (unpaired) electrons. The van der Waals surface area contributed by atoms with Crippen molar-refractivity contribution >= 4 is 28.6 Å². The monoisotopic (exact) mass is 439 g/mol. The molecule has 1 fully saturated rings. The molecule has 4 N–H and O–H groups in total. The SMILES string of the molecule is COc1ccc2[nH]c(C(=O)N[C@@H](CC(C)C)C(=O)N[C@H](C#N)C[C@@H]3CCNC3=O)cc2c1. The Kier molecular flexibility index (Phi) is 7.36. The lowest BCUT2D eigenvalue weighted by molar-refractivity contribution is -0.125. The van der Waals surface area contributed by atoms with Gasteiger partial charge in [-0.1, -0.05) is 13.8 Å². The first-order valence-corrected chi connectivity index (χ1v) is 10.8. The van der Waals surface area contributed by atoms with Crippen LogP contribution in [-0.4, -0.2) is 48.4 Å². The van der Waals surface area contributed by atoms with Crippen molar-refractivity contribution in [3.8, 4) is 11.8 Å². The Hall–Kier alpha value is -3.54. The van der Waals surface area contributed by atoms with Crippen LogP contribution >= 0.6 is 0 Å². The number of carbonyl (C=O) groups is 3. The smallest absolute Gasteiger partial charge is 0.268 e. The number of hydrogen-bond donors (Lipinski definition) is 4. The number of nitrogens with zero attached hydrogens (tertiary/aromatic N) is 1. The Balaban J connectivity index is 1.69. The van der Waals surface area contributed by atoms with E-state index >= 15 is 0 Å². The van der Waals surface area contributed by atoms with Gasteiger partial charge in [0.05, 0.1) is 13.2 Å². The lowest BCUT2D eigenvalue weighted by atomic mass is 9.98. The maximum absolute atomic E-state index is 12.9. The molecule has 0 spiro atoms. The Morgan fingerprint density at radius 3 is 2.69 bits per heavy atom. The molecular formula is C23H29N5O4. The van der Waals surface area contributed by atoms with Crippen molar-refractivity contribution in [2.45, 2.75) is 45.2 Å². The van der Waals surface area contributed by atoms with Crippen LogP contribution in [0.1, 0.15) is 43.6 Å². The highest BCUT2D eigenvalue weighted by atomic mass is 16.5. The zero-order valence-corrected chi connectivity index (χ0v) is 18.5. The van der Waals surface area contributed by atoms with Gasteiger partial charge >= 0.3 is 0 Å². The second-order valence-corrected chi connectivity index (χ2v) is 8.49. The molecule has 9 heteroatoms. The fraction of sp³-hybridized carbons (Fsp3) is 0.478. The van der Waals surface area contributed by atoms with E-state index in [9.17, 15) is 19.6 Å². The van der Waals surface area contributed by atoms with Gasteiger partial charge in [0.15, 0.2) is 0 Å². The minimum atomic E-state index is -0.809. The summed E-state index contributed by atoms with van der Waals surface area (Å²) < 4.78 is 5.21. The number of ether oxygens (including phenoxy) is 1. The molecule has 0 saturated carbocycles. The van der Waals surface area contributed by atoms with Crippen LogP contribution < -0.4 is 20.7 Å². The maximum atomic E-state index is 12.9. The van der Waals surface area contributed by atoms with E-state index in [-0.39, 0.29) is 24.2 Å². The molecule has 3 atom stereocenters. The van der Waals surface area contributed by atoms with Crippen LogP contribution in [0.15, 0.2) is 24.3 Å². The molecule has 1 aromatic heterocycles. The van der Waals surface area contributed by atoms with E-state index in [1.54, 1.807) is 19.2 Å². The number of fused-ring (bicyclic) bond motifs is 1. The topological polar surface area (TPSA) is 136 Å². The Labute approximate surface area is 186 Å². The van der Waals surface area contributed by atoms with Crippen molar-refractivity contribution in [1.82, 2.24) is 20.9 Å². The lowest BCUT2D eigenvalue weighted by Crippen LogP contribution is -2.50. The predicted molar refractivity (Wildman–Crippen MR) is 119 cm³/mol. The van der Waals surface area contributed by atoms with Crippen LogP contribution in [0.4, 0.5) is 0 Å². The van der Waals surface area contributed by atoms with Crippen molar-refractivity contribution in [3.05, 3.63) is 30.0 Å². The number of benzene rings is 1. The summed E-state index contributed by atoms with van der Waals surface area (Å²) in [5.74, 6) is -0.416. The first-order valence-electron chi connectivity index (χ1n) is 10.8. The molecule has 1 aliphatic heterocycles. The fourth-order valence-corrected chi connectivity index (χ4v) is 3.87. The molecule has 9 nitrogen and oxygen atoms in total. The molecule has 3 rings (SSSR count). The third-order valence-electron chi connectivity index (χ3n) is 5.56. The van der Waals surface area contributed by atoms with E-state index in [1.165, 1.54) is 0 Å². The Bertz CT molecular complexity index is 1040.